The summed E-state index contributed by atoms with van der Waals surface area (Å²) >= 11 is 0. The first-order valence-electron chi connectivity index (χ1n) is 8.95. The van der Waals surface area contributed by atoms with Crippen LogP contribution < -0.4 is 5.32 Å². The molecule has 1 heterocycles. The van der Waals surface area contributed by atoms with E-state index >= 15 is 0 Å². The number of carbonyl (C=O) groups excluding carboxylic acids is 2. The highest BCUT2D eigenvalue weighted by atomic mass is 16.2. The largest absolute Gasteiger partial charge is 0.343 e. The van der Waals surface area contributed by atoms with Crippen LogP contribution in [0.2, 0.25) is 0 Å². The molecule has 1 N–H and O–H groups in total. The van der Waals surface area contributed by atoms with Crippen LogP contribution in [-0.4, -0.2) is 60.4 Å². The Morgan fingerprint density at radius 1 is 1.27 bits per heavy atom. The summed E-state index contributed by atoms with van der Waals surface area (Å²) in [7, 11) is 0. The van der Waals surface area contributed by atoms with Gasteiger partial charge in [-0.1, -0.05) is 20.3 Å². The average molecular weight is 309 g/mol. The Morgan fingerprint density at radius 3 is 2.50 bits per heavy atom. The van der Waals surface area contributed by atoms with E-state index in [0.29, 0.717) is 12.3 Å². The molecule has 0 aromatic rings. The van der Waals surface area contributed by atoms with Crippen LogP contribution in [0.4, 0.5) is 0 Å². The Hall–Kier alpha value is -1.10. The van der Waals surface area contributed by atoms with Crippen LogP contribution in [0.3, 0.4) is 0 Å². The maximum atomic E-state index is 12.6. The fourth-order valence-corrected chi connectivity index (χ4v) is 3.32. The minimum Gasteiger partial charge on any atom is -0.343 e. The third-order valence-electron chi connectivity index (χ3n) is 4.80. The normalized spacial score (nSPS) is 22.5. The van der Waals surface area contributed by atoms with Crippen molar-refractivity contribution in [3.05, 3.63) is 0 Å². The molecule has 0 aromatic carbocycles. The van der Waals surface area contributed by atoms with Gasteiger partial charge in [0.25, 0.3) is 0 Å². The molecule has 2 aliphatic rings. The van der Waals surface area contributed by atoms with E-state index in [1.807, 2.05) is 9.80 Å². The molecule has 5 nitrogen and oxygen atoms in total. The van der Waals surface area contributed by atoms with E-state index < -0.39 is 0 Å². The Balaban J connectivity index is 1.86. The van der Waals surface area contributed by atoms with Crippen molar-refractivity contribution in [3.8, 4) is 0 Å². The van der Waals surface area contributed by atoms with Crippen molar-refractivity contribution in [2.75, 3.05) is 32.7 Å². The van der Waals surface area contributed by atoms with Crippen LogP contribution in [0.15, 0.2) is 0 Å². The summed E-state index contributed by atoms with van der Waals surface area (Å²) in [6.07, 6.45) is 6.04. The molecule has 1 unspecified atom stereocenters. The lowest BCUT2D eigenvalue weighted by Gasteiger charge is -2.38. The van der Waals surface area contributed by atoms with Gasteiger partial charge in [0.2, 0.25) is 11.8 Å². The molecule has 1 saturated heterocycles. The lowest BCUT2D eigenvalue weighted by atomic mass is 9.85. The van der Waals surface area contributed by atoms with E-state index in [1.54, 1.807) is 0 Å². The maximum absolute atomic E-state index is 12.6. The molecule has 1 aliphatic heterocycles. The van der Waals surface area contributed by atoms with Gasteiger partial charge in [-0.05, 0) is 31.6 Å². The van der Waals surface area contributed by atoms with Gasteiger partial charge in [0, 0.05) is 32.7 Å². The van der Waals surface area contributed by atoms with Crippen LogP contribution >= 0.6 is 0 Å². The van der Waals surface area contributed by atoms with Gasteiger partial charge in [0.15, 0.2) is 0 Å². The second-order valence-electron chi connectivity index (χ2n) is 6.67. The summed E-state index contributed by atoms with van der Waals surface area (Å²) in [5.41, 5.74) is 0. The molecule has 126 valence electrons. The maximum Gasteiger partial charge on any atom is 0.240 e. The number of carbonyl (C=O) groups is 2. The van der Waals surface area contributed by atoms with Gasteiger partial charge in [-0.2, -0.15) is 0 Å². The molecule has 1 aliphatic carbocycles. The molecule has 0 bridgehead atoms. The van der Waals surface area contributed by atoms with E-state index in [-0.39, 0.29) is 17.9 Å². The van der Waals surface area contributed by atoms with Crippen LogP contribution in [0.25, 0.3) is 0 Å². The van der Waals surface area contributed by atoms with E-state index in [4.69, 9.17) is 0 Å². The number of piperazine rings is 1. The minimum absolute atomic E-state index is 0.111. The highest BCUT2D eigenvalue weighted by molar-refractivity contribution is 5.89. The van der Waals surface area contributed by atoms with Crippen molar-refractivity contribution < 1.29 is 9.59 Å². The zero-order valence-corrected chi connectivity index (χ0v) is 14.1. The zero-order valence-electron chi connectivity index (χ0n) is 14.1. The first kappa shape index (κ1) is 17.3. The van der Waals surface area contributed by atoms with Crippen LogP contribution in [0.5, 0.6) is 0 Å². The van der Waals surface area contributed by atoms with E-state index in [2.05, 4.69) is 19.2 Å². The number of hydrogen-bond donors (Lipinski definition) is 1. The zero-order chi connectivity index (χ0) is 15.9. The van der Waals surface area contributed by atoms with Crippen molar-refractivity contribution in [1.29, 1.82) is 0 Å². The SMILES string of the molecule is CCCN(CCC)C(=O)CC1NCCN(CC2CCC2)C1=O. The standard InChI is InChI=1S/C17H31N3O2/c1-3-9-19(10-4-2)16(21)12-15-17(22)20(11-8-18-15)13-14-6-5-7-14/h14-15,18H,3-13H2,1-2H3. The van der Waals surface area contributed by atoms with Crippen LogP contribution in [-0.2, 0) is 9.59 Å². The average Bonchev–Trinajstić information content (AvgIpc) is 2.46. The van der Waals surface area contributed by atoms with Crippen LogP contribution in [0.1, 0.15) is 52.4 Å². The summed E-state index contributed by atoms with van der Waals surface area (Å²) in [6, 6.07) is -0.322. The molecule has 0 radical (unpaired) electrons. The fourth-order valence-electron chi connectivity index (χ4n) is 3.32. The van der Waals surface area contributed by atoms with Gasteiger partial charge in [-0.3, -0.25) is 9.59 Å². The highest BCUT2D eigenvalue weighted by Crippen LogP contribution is 2.27. The quantitative estimate of drug-likeness (QED) is 0.741. The third-order valence-corrected chi connectivity index (χ3v) is 4.80. The molecule has 0 aromatic heterocycles. The van der Waals surface area contributed by atoms with Crippen molar-refractivity contribution in [3.63, 3.8) is 0 Å². The predicted molar refractivity (Wildman–Crippen MR) is 87.5 cm³/mol. The Bertz CT molecular complexity index is 376. The molecule has 2 fully saturated rings. The fraction of sp³-hybridized carbons (Fsp3) is 0.882. The van der Waals surface area contributed by atoms with Gasteiger partial charge in [-0.25, -0.2) is 0 Å². The van der Waals surface area contributed by atoms with Crippen molar-refractivity contribution in [2.24, 2.45) is 5.92 Å². The van der Waals surface area contributed by atoms with Crippen LogP contribution in [0, 0.1) is 5.92 Å². The molecular formula is C17H31N3O2. The monoisotopic (exact) mass is 309 g/mol. The molecule has 1 atom stereocenters. The molecule has 2 rings (SSSR count). The first-order valence-corrected chi connectivity index (χ1v) is 8.95. The number of nitrogens with zero attached hydrogens (tertiary/aromatic N) is 2. The van der Waals surface area contributed by atoms with Crippen molar-refractivity contribution >= 4 is 11.8 Å². The molecule has 2 amide bonds. The Morgan fingerprint density at radius 2 is 1.95 bits per heavy atom. The summed E-state index contributed by atoms with van der Waals surface area (Å²) in [5, 5.41) is 3.24. The van der Waals surface area contributed by atoms with E-state index in [9.17, 15) is 9.59 Å². The smallest absolute Gasteiger partial charge is 0.240 e. The van der Waals surface area contributed by atoms with Gasteiger partial charge in [0.1, 0.15) is 0 Å². The lowest BCUT2D eigenvalue weighted by Crippen LogP contribution is -2.57. The Labute approximate surface area is 134 Å². The third kappa shape index (κ3) is 4.45. The predicted octanol–water partition coefficient (Wildman–Crippen LogP) is 1.63. The Kier molecular flexibility index (Phi) is 6.68. The van der Waals surface area contributed by atoms with Crippen molar-refractivity contribution in [2.45, 2.75) is 58.4 Å². The van der Waals surface area contributed by atoms with Gasteiger partial charge in [-0.15, -0.1) is 0 Å². The minimum atomic E-state index is -0.322. The second-order valence-corrected chi connectivity index (χ2v) is 6.67. The molecule has 22 heavy (non-hydrogen) atoms. The first-order chi connectivity index (χ1) is 10.7. The molecular weight excluding hydrogens is 278 g/mol. The van der Waals surface area contributed by atoms with E-state index in [1.165, 1.54) is 19.3 Å². The molecule has 0 spiro atoms. The lowest BCUT2D eigenvalue weighted by molar-refractivity contribution is -0.141. The number of rotatable bonds is 8. The van der Waals surface area contributed by atoms with Gasteiger partial charge < -0.3 is 15.1 Å². The molecule has 1 saturated carbocycles. The highest BCUT2D eigenvalue weighted by Gasteiger charge is 2.33. The molecule has 5 heteroatoms. The van der Waals surface area contributed by atoms with Gasteiger partial charge in [0.05, 0.1) is 12.5 Å². The second kappa shape index (κ2) is 8.51. The number of amides is 2. The summed E-state index contributed by atoms with van der Waals surface area (Å²) < 4.78 is 0. The summed E-state index contributed by atoms with van der Waals surface area (Å²) in [4.78, 5) is 28.9. The van der Waals surface area contributed by atoms with Crippen molar-refractivity contribution in [1.82, 2.24) is 15.1 Å². The summed E-state index contributed by atoms with van der Waals surface area (Å²) in [5.74, 6) is 0.926. The topological polar surface area (TPSA) is 52.7 Å². The van der Waals surface area contributed by atoms with Gasteiger partial charge >= 0.3 is 0 Å². The number of nitrogens with one attached hydrogen (secondary N) is 1. The van der Waals surface area contributed by atoms with E-state index in [0.717, 1.165) is 45.6 Å². The number of hydrogen-bond acceptors (Lipinski definition) is 3. The summed E-state index contributed by atoms with van der Waals surface area (Å²) in [6.45, 7) is 8.23.